The van der Waals surface area contributed by atoms with Gasteiger partial charge in [-0.2, -0.15) is 0 Å². The van der Waals surface area contributed by atoms with Gasteiger partial charge in [0.15, 0.2) is 0 Å². The van der Waals surface area contributed by atoms with Gasteiger partial charge in [0.2, 0.25) is 0 Å². The molecule has 3 aromatic rings. The molecule has 0 saturated heterocycles. The van der Waals surface area contributed by atoms with Crippen LogP contribution in [0.1, 0.15) is 16.7 Å². The van der Waals surface area contributed by atoms with Crippen LogP contribution in [0.5, 0.6) is 0 Å². The lowest BCUT2D eigenvalue weighted by molar-refractivity contribution is 1.31. The van der Waals surface area contributed by atoms with Crippen molar-refractivity contribution in [1.82, 2.24) is 4.98 Å². The first-order valence-corrected chi connectivity index (χ1v) is 7.61. The Hall–Kier alpha value is -3.40. The Balaban J connectivity index is 2.14. The lowest BCUT2D eigenvalue weighted by Crippen LogP contribution is -2.14. The van der Waals surface area contributed by atoms with E-state index in [2.05, 4.69) is 9.98 Å². The van der Waals surface area contributed by atoms with Crippen LogP contribution in [0.3, 0.4) is 0 Å². The van der Waals surface area contributed by atoms with E-state index >= 15 is 0 Å². The van der Waals surface area contributed by atoms with Gasteiger partial charge in [-0.1, -0.05) is 60.7 Å². The van der Waals surface area contributed by atoms with Crippen molar-refractivity contribution in [2.45, 2.75) is 0 Å². The number of aliphatic imine (C=N–C) groups is 1. The normalized spacial score (nSPS) is 12.6. The zero-order valence-corrected chi connectivity index (χ0v) is 13.1. The fraction of sp³-hybridized carbons (Fsp3) is 0. The fourth-order valence-corrected chi connectivity index (χ4v) is 2.34. The lowest BCUT2D eigenvalue weighted by atomic mass is 10.1. The average Bonchev–Trinajstić information content (AvgIpc) is 2.67. The van der Waals surface area contributed by atoms with E-state index in [1.807, 2.05) is 72.8 Å². The SMILES string of the molecule is NC(=N/C(=C(\N)c1ccccc1)c1ccccc1)c1ccncc1. The van der Waals surface area contributed by atoms with Crippen molar-refractivity contribution in [2.75, 3.05) is 0 Å². The largest absolute Gasteiger partial charge is 0.396 e. The van der Waals surface area contributed by atoms with Crippen LogP contribution in [0.25, 0.3) is 11.4 Å². The molecule has 4 heteroatoms. The number of amidine groups is 1. The van der Waals surface area contributed by atoms with E-state index in [-0.39, 0.29) is 0 Å². The molecule has 0 aliphatic carbocycles. The van der Waals surface area contributed by atoms with Crippen LogP contribution in [0.2, 0.25) is 0 Å². The average molecular weight is 314 g/mol. The molecule has 0 saturated carbocycles. The van der Waals surface area contributed by atoms with E-state index in [1.54, 1.807) is 12.4 Å². The Morgan fingerprint density at radius 1 is 0.667 bits per heavy atom. The summed E-state index contributed by atoms with van der Waals surface area (Å²) in [6, 6.07) is 23.2. The van der Waals surface area contributed by atoms with Gasteiger partial charge in [0.25, 0.3) is 0 Å². The minimum absolute atomic E-state index is 0.398. The second-order valence-electron chi connectivity index (χ2n) is 5.23. The van der Waals surface area contributed by atoms with Gasteiger partial charge in [-0.15, -0.1) is 0 Å². The van der Waals surface area contributed by atoms with E-state index in [4.69, 9.17) is 11.5 Å². The highest BCUT2D eigenvalue weighted by Gasteiger charge is 2.09. The van der Waals surface area contributed by atoms with Gasteiger partial charge in [0, 0.05) is 23.5 Å². The van der Waals surface area contributed by atoms with Crippen molar-refractivity contribution in [3.63, 3.8) is 0 Å². The molecule has 0 amide bonds. The highest BCUT2D eigenvalue weighted by Crippen LogP contribution is 2.24. The molecule has 24 heavy (non-hydrogen) atoms. The summed E-state index contributed by atoms with van der Waals surface area (Å²) in [5.74, 6) is 0.398. The van der Waals surface area contributed by atoms with Gasteiger partial charge in [0.05, 0.1) is 11.4 Å². The van der Waals surface area contributed by atoms with Crippen molar-refractivity contribution >= 4 is 17.2 Å². The summed E-state index contributed by atoms with van der Waals surface area (Å²) >= 11 is 0. The molecule has 1 heterocycles. The molecule has 0 bridgehead atoms. The van der Waals surface area contributed by atoms with Crippen LogP contribution in [0, 0.1) is 0 Å². The van der Waals surface area contributed by atoms with Gasteiger partial charge in [-0.25, -0.2) is 4.99 Å². The first kappa shape index (κ1) is 15.5. The number of nitrogens with two attached hydrogens (primary N) is 2. The third kappa shape index (κ3) is 3.50. The van der Waals surface area contributed by atoms with Crippen molar-refractivity contribution < 1.29 is 0 Å². The molecule has 0 fully saturated rings. The molecule has 0 spiro atoms. The van der Waals surface area contributed by atoms with E-state index in [0.717, 1.165) is 16.7 Å². The number of nitrogens with zero attached hydrogens (tertiary/aromatic N) is 2. The van der Waals surface area contributed by atoms with Gasteiger partial charge < -0.3 is 11.5 Å². The third-order valence-corrected chi connectivity index (χ3v) is 3.60. The number of rotatable bonds is 4. The molecule has 0 unspecified atom stereocenters. The molecule has 118 valence electrons. The number of benzene rings is 2. The number of hydrogen-bond acceptors (Lipinski definition) is 3. The van der Waals surface area contributed by atoms with Gasteiger partial charge in [-0.05, 0) is 17.7 Å². The predicted octanol–water partition coefficient (Wildman–Crippen LogP) is 3.27. The maximum atomic E-state index is 6.40. The van der Waals surface area contributed by atoms with E-state index < -0.39 is 0 Å². The quantitative estimate of drug-likeness (QED) is 0.441. The summed E-state index contributed by atoms with van der Waals surface area (Å²) in [4.78, 5) is 8.62. The summed E-state index contributed by atoms with van der Waals surface area (Å²) in [7, 11) is 0. The molecule has 2 aromatic carbocycles. The van der Waals surface area contributed by atoms with Crippen LogP contribution in [0.15, 0.2) is 90.2 Å². The first-order valence-electron chi connectivity index (χ1n) is 7.61. The Morgan fingerprint density at radius 2 is 1.21 bits per heavy atom. The van der Waals surface area contributed by atoms with Crippen molar-refractivity contribution in [2.24, 2.45) is 16.5 Å². The molecular weight excluding hydrogens is 296 g/mol. The molecule has 0 radical (unpaired) electrons. The van der Waals surface area contributed by atoms with Crippen molar-refractivity contribution in [3.05, 3.63) is 102 Å². The number of pyridine rings is 1. The predicted molar refractivity (Wildman–Crippen MR) is 98.8 cm³/mol. The highest BCUT2D eigenvalue weighted by atomic mass is 14.9. The molecule has 4 N–H and O–H groups in total. The van der Waals surface area contributed by atoms with Crippen LogP contribution in [0.4, 0.5) is 0 Å². The number of aromatic nitrogens is 1. The van der Waals surface area contributed by atoms with Crippen molar-refractivity contribution in [1.29, 1.82) is 0 Å². The summed E-state index contributed by atoms with van der Waals surface area (Å²) < 4.78 is 0. The topological polar surface area (TPSA) is 77.3 Å². The van der Waals surface area contributed by atoms with Crippen molar-refractivity contribution in [3.8, 4) is 0 Å². The second-order valence-corrected chi connectivity index (χ2v) is 5.23. The maximum Gasteiger partial charge on any atom is 0.131 e. The zero-order valence-electron chi connectivity index (χ0n) is 13.1. The molecule has 0 aliphatic heterocycles. The van der Waals surface area contributed by atoms with Gasteiger partial charge in [0.1, 0.15) is 5.84 Å². The maximum absolute atomic E-state index is 6.40. The van der Waals surface area contributed by atoms with Crippen LogP contribution in [-0.4, -0.2) is 10.8 Å². The fourth-order valence-electron chi connectivity index (χ4n) is 2.34. The Labute approximate surface area is 141 Å². The van der Waals surface area contributed by atoms with Crippen LogP contribution < -0.4 is 11.5 Å². The highest BCUT2D eigenvalue weighted by molar-refractivity contribution is 6.03. The smallest absolute Gasteiger partial charge is 0.131 e. The molecule has 0 atom stereocenters. The van der Waals surface area contributed by atoms with Gasteiger partial charge >= 0.3 is 0 Å². The monoisotopic (exact) mass is 314 g/mol. The lowest BCUT2D eigenvalue weighted by Gasteiger charge is -2.10. The molecule has 4 nitrogen and oxygen atoms in total. The van der Waals surface area contributed by atoms with Crippen LogP contribution in [-0.2, 0) is 0 Å². The van der Waals surface area contributed by atoms with Crippen LogP contribution >= 0.6 is 0 Å². The third-order valence-electron chi connectivity index (χ3n) is 3.60. The van der Waals surface area contributed by atoms with E-state index in [9.17, 15) is 0 Å². The van der Waals surface area contributed by atoms with E-state index in [0.29, 0.717) is 17.2 Å². The summed E-state index contributed by atoms with van der Waals surface area (Å²) in [6.45, 7) is 0. The standard InChI is InChI=1S/C20H18N4/c21-18(15-7-3-1-4-8-15)19(16-9-5-2-6-10-16)24-20(22)17-11-13-23-14-12-17/h1-14H,21H2,(H2,22,24)/b19-18-. The Kier molecular flexibility index (Phi) is 4.68. The summed E-state index contributed by atoms with van der Waals surface area (Å²) in [5.41, 5.74) is 16.4. The molecular formula is C20H18N4. The Morgan fingerprint density at radius 3 is 1.79 bits per heavy atom. The minimum atomic E-state index is 0.398. The zero-order chi connectivity index (χ0) is 16.8. The minimum Gasteiger partial charge on any atom is -0.396 e. The molecule has 0 aliphatic rings. The van der Waals surface area contributed by atoms with E-state index in [1.165, 1.54) is 0 Å². The summed E-state index contributed by atoms with van der Waals surface area (Å²) in [6.07, 6.45) is 3.37. The summed E-state index contributed by atoms with van der Waals surface area (Å²) in [5, 5.41) is 0. The molecule has 3 rings (SSSR count). The second kappa shape index (κ2) is 7.24. The number of hydrogen-bond donors (Lipinski definition) is 2. The Bertz CT molecular complexity index is 854. The molecule has 1 aromatic heterocycles. The van der Waals surface area contributed by atoms with Gasteiger partial charge in [-0.3, -0.25) is 4.98 Å². The first-order chi connectivity index (χ1) is 11.8.